The van der Waals surface area contributed by atoms with Gasteiger partial charge in [-0.3, -0.25) is 9.59 Å². The highest BCUT2D eigenvalue weighted by molar-refractivity contribution is 7.91. The number of likely N-dealkylation sites (tertiary alicyclic amines) is 1. The van der Waals surface area contributed by atoms with Crippen LogP contribution in [0.25, 0.3) is 11.1 Å². The Morgan fingerprint density at radius 2 is 1.51 bits per heavy atom. The highest BCUT2D eigenvalue weighted by atomic mass is 32.2. The Hall–Kier alpha value is -3.40. The molecule has 2 aliphatic heterocycles. The van der Waals surface area contributed by atoms with Crippen LogP contribution in [0.4, 0.5) is 4.79 Å². The van der Waals surface area contributed by atoms with Gasteiger partial charge in [0.05, 0.1) is 17.9 Å². The first-order chi connectivity index (χ1) is 16.7. The molecule has 3 unspecified atom stereocenters. The second-order valence-corrected chi connectivity index (χ2v) is 11.6. The fourth-order valence-electron chi connectivity index (χ4n) is 5.59. The quantitative estimate of drug-likeness (QED) is 0.622. The molecule has 2 saturated heterocycles. The Bertz CT molecular complexity index is 1230. The molecule has 184 valence electrons. The van der Waals surface area contributed by atoms with Gasteiger partial charge in [0.2, 0.25) is 5.91 Å². The summed E-state index contributed by atoms with van der Waals surface area (Å²) in [5.41, 5.74) is 4.24. The van der Waals surface area contributed by atoms with Crippen molar-refractivity contribution in [1.29, 1.82) is 0 Å². The van der Waals surface area contributed by atoms with E-state index >= 15 is 0 Å². The van der Waals surface area contributed by atoms with Crippen molar-refractivity contribution in [2.45, 2.75) is 18.4 Å². The third-order valence-electron chi connectivity index (χ3n) is 7.14. The van der Waals surface area contributed by atoms with Crippen LogP contribution in [0.5, 0.6) is 0 Å². The fraction of sp³-hybridized carbons (Fsp3) is 0.400. The number of ether oxygens (including phenoxy) is 1. The maximum Gasteiger partial charge on any atom is 0.407 e. The summed E-state index contributed by atoms with van der Waals surface area (Å²) >= 11 is 0. The minimum atomic E-state index is -3.09. The number of carboxylic acid groups (broad SMARTS) is 1. The van der Waals surface area contributed by atoms with Crippen LogP contribution in [0.15, 0.2) is 48.5 Å². The maximum absolute atomic E-state index is 13.0. The van der Waals surface area contributed by atoms with Crippen molar-refractivity contribution in [3.05, 3.63) is 59.7 Å². The molecule has 0 saturated carbocycles. The van der Waals surface area contributed by atoms with Gasteiger partial charge in [-0.15, -0.1) is 0 Å². The average molecular weight is 499 g/mol. The summed E-state index contributed by atoms with van der Waals surface area (Å²) in [6.45, 7) is 0.524. The Morgan fingerprint density at radius 1 is 0.971 bits per heavy atom. The van der Waals surface area contributed by atoms with Crippen LogP contribution in [-0.4, -0.2) is 73.6 Å². The van der Waals surface area contributed by atoms with E-state index in [0.717, 1.165) is 22.3 Å². The van der Waals surface area contributed by atoms with Crippen LogP contribution in [-0.2, 0) is 24.2 Å². The molecule has 9 nitrogen and oxygen atoms in total. The second-order valence-electron chi connectivity index (χ2n) is 9.46. The van der Waals surface area contributed by atoms with Crippen molar-refractivity contribution in [1.82, 2.24) is 10.2 Å². The number of sulfone groups is 1. The van der Waals surface area contributed by atoms with Gasteiger partial charge in [0.25, 0.3) is 0 Å². The summed E-state index contributed by atoms with van der Waals surface area (Å²) in [6.07, 6.45) is -1.46. The number of nitrogens with zero attached hydrogens (tertiary/aromatic N) is 1. The molecule has 2 heterocycles. The Balaban J connectivity index is 1.24. The van der Waals surface area contributed by atoms with Crippen molar-refractivity contribution < 1.29 is 32.6 Å². The molecular weight excluding hydrogens is 472 g/mol. The molecule has 5 rings (SSSR count). The van der Waals surface area contributed by atoms with Crippen LogP contribution in [0.1, 0.15) is 23.5 Å². The van der Waals surface area contributed by atoms with Gasteiger partial charge in [0, 0.05) is 19.0 Å². The van der Waals surface area contributed by atoms with Gasteiger partial charge in [0.1, 0.15) is 12.6 Å². The zero-order valence-corrected chi connectivity index (χ0v) is 19.7. The van der Waals surface area contributed by atoms with Gasteiger partial charge >= 0.3 is 12.1 Å². The number of amides is 2. The number of fused-ring (bicyclic) bond motifs is 4. The van der Waals surface area contributed by atoms with Crippen molar-refractivity contribution in [3.8, 4) is 11.1 Å². The molecule has 2 aromatic rings. The molecule has 2 aromatic carbocycles. The summed E-state index contributed by atoms with van der Waals surface area (Å²) in [7, 11) is -3.09. The van der Waals surface area contributed by atoms with Crippen molar-refractivity contribution in [2.75, 3.05) is 31.2 Å². The molecule has 0 aromatic heterocycles. The number of carboxylic acids is 1. The topological polar surface area (TPSA) is 130 Å². The second kappa shape index (κ2) is 8.99. The van der Waals surface area contributed by atoms with E-state index in [4.69, 9.17) is 4.74 Å². The van der Waals surface area contributed by atoms with Gasteiger partial charge < -0.3 is 20.1 Å². The van der Waals surface area contributed by atoms with E-state index in [1.54, 1.807) is 0 Å². The minimum Gasteiger partial charge on any atom is -0.481 e. The van der Waals surface area contributed by atoms with E-state index in [2.05, 4.69) is 5.32 Å². The third kappa shape index (κ3) is 4.62. The molecule has 0 radical (unpaired) electrons. The zero-order valence-electron chi connectivity index (χ0n) is 18.9. The van der Waals surface area contributed by atoms with Gasteiger partial charge in [-0.25, -0.2) is 13.2 Å². The van der Waals surface area contributed by atoms with Gasteiger partial charge in [-0.05, 0) is 34.1 Å². The van der Waals surface area contributed by atoms with E-state index < -0.39 is 40.3 Å². The molecule has 2 amide bonds. The molecule has 3 atom stereocenters. The minimum absolute atomic E-state index is 0.0326. The van der Waals surface area contributed by atoms with Gasteiger partial charge in [-0.2, -0.15) is 0 Å². The number of carbonyl (C=O) groups is 3. The lowest BCUT2D eigenvalue weighted by Gasteiger charge is -2.24. The first-order valence-corrected chi connectivity index (χ1v) is 13.4. The van der Waals surface area contributed by atoms with Crippen LogP contribution in [0, 0.1) is 11.8 Å². The summed E-state index contributed by atoms with van der Waals surface area (Å²) in [6, 6.07) is 14.5. The fourth-order valence-corrected chi connectivity index (χ4v) is 7.79. The largest absolute Gasteiger partial charge is 0.481 e. The van der Waals surface area contributed by atoms with Gasteiger partial charge in [-0.1, -0.05) is 48.5 Å². The zero-order chi connectivity index (χ0) is 24.7. The van der Waals surface area contributed by atoms with Gasteiger partial charge in [0.15, 0.2) is 9.84 Å². The number of hydrogen-bond donors (Lipinski definition) is 2. The first kappa shape index (κ1) is 23.3. The lowest BCUT2D eigenvalue weighted by molar-refractivity contribution is -0.142. The summed E-state index contributed by atoms with van der Waals surface area (Å²) < 4.78 is 29.1. The highest BCUT2D eigenvalue weighted by Gasteiger charge is 2.46. The monoisotopic (exact) mass is 498 g/mol. The SMILES string of the molecule is O=C(O)CC(NC(=O)OCC1c2ccccc2-c2ccccc21)C(=O)N1CC2CS(=O)(=O)CC2C1. The van der Waals surface area contributed by atoms with E-state index in [1.165, 1.54) is 4.90 Å². The van der Waals surface area contributed by atoms with Crippen LogP contribution in [0.2, 0.25) is 0 Å². The van der Waals surface area contributed by atoms with Crippen molar-refractivity contribution >= 4 is 27.8 Å². The summed E-state index contributed by atoms with van der Waals surface area (Å²) in [4.78, 5) is 38.5. The number of hydrogen-bond acceptors (Lipinski definition) is 6. The molecule has 0 spiro atoms. The predicted molar refractivity (Wildman–Crippen MR) is 126 cm³/mol. The van der Waals surface area contributed by atoms with E-state index in [9.17, 15) is 27.9 Å². The molecule has 2 N–H and O–H groups in total. The Morgan fingerprint density at radius 3 is 2.06 bits per heavy atom. The van der Waals surface area contributed by atoms with Crippen molar-refractivity contribution in [2.24, 2.45) is 11.8 Å². The smallest absolute Gasteiger partial charge is 0.407 e. The molecule has 1 aliphatic carbocycles. The molecule has 35 heavy (non-hydrogen) atoms. The van der Waals surface area contributed by atoms with Crippen LogP contribution >= 0.6 is 0 Å². The molecular formula is C25H26N2O7S. The third-order valence-corrected chi connectivity index (χ3v) is 9.01. The average Bonchev–Trinajstić information content (AvgIpc) is 3.43. The molecule has 10 heteroatoms. The molecule has 3 aliphatic rings. The normalized spacial score (nSPS) is 22.7. The number of rotatable bonds is 6. The Kier molecular flexibility index (Phi) is 6.00. The molecule has 2 fully saturated rings. The van der Waals surface area contributed by atoms with E-state index in [1.807, 2.05) is 48.5 Å². The maximum atomic E-state index is 13.0. The molecule has 0 bridgehead atoms. The van der Waals surface area contributed by atoms with E-state index in [-0.39, 0.29) is 49.0 Å². The predicted octanol–water partition coefficient (Wildman–Crippen LogP) is 1.87. The van der Waals surface area contributed by atoms with Crippen LogP contribution in [0.3, 0.4) is 0 Å². The number of benzene rings is 2. The first-order valence-electron chi connectivity index (χ1n) is 11.5. The van der Waals surface area contributed by atoms with Crippen LogP contribution < -0.4 is 5.32 Å². The Labute approximate surface area is 203 Å². The van der Waals surface area contributed by atoms with E-state index in [0.29, 0.717) is 0 Å². The highest BCUT2D eigenvalue weighted by Crippen LogP contribution is 2.44. The van der Waals surface area contributed by atoms with Crippen molar-refractivity contribution in [3.63, 3.8) is 0 Å². The number of nitrogens with one attached hydrogen (secondary N) is 1. The standard InChI is InChI=1S/C25H26N2O7S/c28-23(29)9-22(24(30)27-10-15-13-35(32,33)14-16(15)11-27)26-25(31)34-12-21-19-7-3-1-5-17(19)18-6-2-4-8-20(18)21/h1-8,15-16,21-22H,9-14H2,(H,26,31)(H,28,29). The lowest BCUT2D eigenvalue weighted by atomic mass is 9.98. The summed E-state index contributed by atoms with van der Waals surface area (Å²) in [5.74, 6) is -2.16. The number of aliphatic carboxylic acids is 1. The number of carbonyl (C=O) groups excluding carboxylic acids is 2. The number of alkyl carbamates (subject to hydrolysis) is 1. The lowest BCUT2D eigenvalue weighted by Crippen LogP contribution is -2.49. The summed E-state index contributed by atoms with van der Waals surface area (Å²) in [5, 5.41) is 11.7.